The summed E-state index contributed by atoms with van der Waals surface area (Å²) in [6, 6.07) is 24.6. The molecule has 42 heavy (non-hydrogen) atoms. The van der Waals surface area contributed by atoms with Crippen molar-refractivity contribution < 1.29 is 18.0 Å². The van der Waals surface area contributed by atoms with Crippen LogP contribution >= 0.6 is 0 Å². The summed E-state index contributed by atoms with van der Waals surface area (Å²) in [5, 5.41) is 3.23. The van der Waals surface area contributed by atoms with Crippen LogP contribution in [0.3, 0.4) is 0 Å². The molecule has 0 unspecified atom stereocenters. The highest BCUT2D eigenvalue weighted by atomic mass is 32.2. The Morgan fingerprint density at radius 3 is 2.21 bits per heavy atom. The summed E-state index contributed by atoms with van der Waals surface area (Å²) in [5.41, 5.74) is 4.58. The van der Waals surface area contributed by atoms with Gasteiger partial charge in [-0.3, -0.25) is 13.9 Å². The highest BCUT2D eigenvalue weighted by molar-refractivity contribution is 7.92. The van der Waals surface area contributed by atoms with Crippen molar-refractivity contribution in [1.82, 2.24) is 10.2 Å². The second-order valence-electron chi connectivity index (χ2n) is 11.5. The standard InChI is InChI=1S/C34H43N3O4S/c1-26-18-20-29(21-19-26)25-36(32(24-28-12-5-4-6-13-28)34(39)35-30-14-7-8-15-30)33(38)17-10-22-37(42(3,40)41)31-16-9-11-27(2)23-31/h4-6,9,11-13,16,18-21,23,30,32H,7-8,10,14-15,17,22,24-25H2,1-3H3,(H,35,39)/t32-/m1/s1. The van der Waals surface area contributed by atoms with E-state index in [-0.39, 0.29) is 30.8 Å². The van der Waals surface area contributed by atoms with Crippen LogP contribution in [0.1, 0.15) is 60.8 Å². The molecular weight excluding hydrogens is 546 g/mol. The quantitative estimate of drug-likeness (QED) is 0.283. The molecule has 1 N–H and O–H groups in total. The SMILES string of the molecule is Cc1ccc(CN(C(=O)CCCN(c2cccc(C)c2)S(C)(=O)=O)[C@H](Cc2ccccc2)C(=O)NC2CCCC2)cc1. The lowest BCUT2D eigenvalue weighted by molar-refractivity contribution is -0.141. The van der Waals surface area contributed by atoms with E-state index in [2.05, 4.69) is 5.32 Å². The second kappa shape index (κ2) is 14.5. The van der Waals surface area contributed by atoms with Crippen LogP contribution in [-0.4, -0.2) is 50.0 Å². The van der Waals surface area contributed by atoms with E-state index in [0.717, 1.165) is 47.9 Å². The molecule has 0 saturated heterocycles. The Morgan fingerprint density at radius 1 is 0.881 bits per heavy atom. The van der Waals surface area contributed by atoms with Crippen LogP contribution in [0.2, 0.25) is 0 Å². The molecule has 1 saturated carbocycles. The van der Waals surface area contributed by atoms with Crippen molar-refractivity contribution in [1.29, 1.82) is 0 Å². The Labute approximate surface area is 251 Å². The highest BCUT2D eigenvalue weighted by Crippen LogP contribution is 2.22. The van der Waals surface area contributed by atoms with Crippen LogP contribution in [0.15, 0.2) is 78.9 Å². The van der Waals surface area contributed by atoms with Gasteiger partial charge < -0.3 is 10.2 Å². The van der Waals surface area contributed by atoms with Crippen LogP contribution in [-0.2, 0) is 32.6 Å². The first-order valence-electron chi connectivity index (χ1n) is 14.8. The molecule has 1 atom stereocenters. The largest absolute Gasteiger partial charge is 0.352 e. The average Bonchev–Trinajstić information content (AvgIpc) is 3.47. The summed E-state index contributed by atoms with van der Waals surface area (Å²) >= 11 is 0. The Morgan fingerprint density at radius 2 is 1.57 bits per heavy atom. The summed E-state index contributed by atoms with van der Waals surface area (Å²) in [7, 11) is -3.55. The molecule has 0 heterocycles. The van der Waals surface area contributed by atoms with Gasteiger partial charge in [0.15, 0.2) is 0 Å². The maximum atomic E-state index is 14.0. The van der Waals surface area contributed by atoms with Crippen LogP contribution in [0.5, 0.6) is 0 Å². The molecule has 1 aliphatic rings. The second-order valence-corrected chi connectivity index (χ2v) is 13.4. The summed E-state index contributed by atoms with van der Waals surface area (Å²) in [4.78, 5) is 29.5. The van der Waals surface area contributed by atoms with E-state index in [1.807, 2.05) is 86.6 Å². The van der Waals surface area contributed by atoms with Gasteiger partial charge in [0.1, 0.15) is 6.04 Å². The van der Waals surface area contributed by atoms with Gasteiger partial charge in [-0.2, -0.15) is 0 Å². The van der Waals surface area contributed by atoms with Crippen molar-refractivity contribution in [3.05, 3.63) is 101 Å². The topological polar surface area (TPSA) is 86.8 Å². The maximum Gasteiger partial charge on any atom is 0.243 e. The Kier molecular flexibility index (Phi) is 10.8. The molecule has 2 amide bonds. The number of hydrogen-bond acceptors (Lipinski definition) is 4. The molecule has 0 aromatic heterocycles. The van der Waals surface area contributed by atoms with E-state index in [4.69, 9.17) is 0 Å². The Balaban J connectivity index is 1.58. The molecule has 0 radical (unpaired) electrons. The number of hydrogen-bond donors (Lipinski definition) is 1. The Hall–Kier alpha value is -3.65. The number of nitrogens with zero attached hydrogens (tertiary/aromatic N) is 2. The minimum atomic E-state index is -3.55. The van der Waals surface area contributed by atoms with E-state index in [1.165, 1.54) is 10.6 Å². The van der Waals surface area contributed by atoms with Gasteiger partial charge in [-0.25, -0.2) is 8.42 Å². The summed E-state index contributed by atoms with van der Waals surface area (Å²) in [5.74, 6) is -0.306. The van der Waals surface area contributed by atoms with Gasteiger partial charge in [-0.15, -0.1) is 0 Å². The average molecular weight is 590 g/mol. The zero-order valence-electron chi connectivity index (χ0n) is 25.0. The molecule has 8 heteroatoms. The molecule has 1 aliphatic carbocycles. The van der Waals surface area contributed by atoms with Crippen LogP contribution in [0.25, 0.3) is 0 Å². The first-order chi connectivity index (χ1) is 20.1. The fourth-order valence-electron chi connectivity index (χ4n) is 5.60. The lowest BCUT2D eigenvalue weighted by atomic mass is 10.0. The summed E-state index contributed by atoms with van der Waals surface area (Å²) in [6.45, 7) is 4.40. The Bertz CT molecular complexity index is 1440. The molecule has 4 rings (SSSR count). The molecule has 224 valence electrons. The number of carbonyl (C=O) groups excluding carboxylic acids is 2. The summed E-state index contributed by atoms with van der Waals surface area (Å²) in [6.07, 6.45) is 6.13. The number of rotatable bonds is 13. The lowest BCUT2D eigenvalue weighted by Crippen LogP contribution is -2.52. The third kappa shape index (κ3) is 8.92. The molecule has 3 aromatic carbocycles. The maximum absolute atomic E-state index is 14.0. The minimum Gasteiger partial charge on any atom is -0.352 e. The fourth-order valence-corrected chi connectivity index (χ4v) is 6.56. The van der Waals surface area contributed by atoms with Gasteiger partial charge in [-0.05, 0) is 61.9 Å². The minimum absolute atomic E-state index is 0.117. The predicted molar refractivity (Wildman–Crippen MR) is 169 cm³/mol. The van der Waals surface area contributed by atoms with E-state index in [9.17, 15) is 18.0 Å². The molecule has 1 fully saturated rings. The van der Waals surface area contributed by atoms with Crippen LogP contribution < -0.4 is 9.62 Å². The van der Waals surface area contributed by atoms with Crippen molar-refractivity contribution in [3.63, 3.8) is 0 Å². The first-order valence-corrected chi connectivity index (χ1v) is 16.7. The third-order valence-corrected chi connectivity index (χ3v) is 9.08. The predicted octanol–water partition coefficient (Wildman–Crippen LogP) is 5.55. The van der Waals surface area contributed by atoms with Crippen molar-refractivity contribution in [2.24, 2.45) is 0 Å². The van der Waals surface area contributed by atoms with E-state index < -0.39 is 16.1 Å². The normalized spacial score (nSPS) is 14.4. The van der Waals surface area contributed by atoms with Gasteiger partial charge in [0, 0.05) is 32.0 Å². The number of benzene rings is 3. The molecule has 3 aromatic rings. The van der Waals surface area contributed by atoms with Gasteiger partial charge in [0.05, 0.1) is 11.9 Å². The zero-order valence-corrected chi connectivity index (χ0v) is 25.8. The smallest absolute Gasteiger partial charge is 0.243 e. The van der Waals surface area contributed by atoms with Crippen molar-refractivity contribution in [3.8, 4) is 0 Å². The fraction of sp³-hybridized carbons (Fsp3) is 0.412. The number of aryl methyl sites for hydroxylation is 2. The third-order valence-electron chi connectivity index (χ3n) is 7.89. The number of amides is 2. The first kappa shape index (κ1) is 31.3. The summed E-state index contributed by atoms with van der Waals surface area (Å²) < 4.78 is 26.7. The van der Waals surface area contributed by atoms with E-state index >= 15 is 0 Å². The van der Waals surface area contributed by atoms with Crippen molar-refractivity contribution in [2.75, 3.05) is 17.1 Å². The lowest BCUT2D eigenvalue weighted by Gasteiger charge is -2.33. The van der Waals surface area contributed by atoms with Gasteiger partial charge in [0.2, 0.25) is 21.8 Å². The van der Waals surface area contributed by atoms with Gasteiger partial charge in [-0.1, -0.05) is 85.1 Å². The monoisotopic (exact) mass is 589 g/mol. The van der Waals surface area contributed by atoms with E-state index in [1.54, 1.807) is 11.0 Å². The zero-order chi connectivity index (χ0) is 30.1. The van der Waals surface area contributed by atoms with Gasteiger partial charge in [0.25, 0.3) is 0 Å². The molecular formula is C34H43N3O4S. The highest BCUT2D eigenvalue weighted by Gasteiger charge is 2.32. The molecule has 0 bridgehead atoms. The molecule has 7 nitrogen and oxygen atoms in total. The molecule has 0 aliphatic heterocycles. The number of anilines is 1. The molecule has 0 spiro atoms. The van der Waals surface area contributed by atoms with E-state index in [0.29, 0.717) is 25.1 Å². The number of carbonyl (C=O) groups is 2. The van der Waals surface area contributed by atoms with Crippen molar-refractivity contribution >= 4 is 27.5 Å². The number of nitrogens with one attached hydrogen (secondary N) is 1. The van der Waals surface area contributed by atoms with Crippen LogP contribution in [0, 0.1) is 13.8 Å². The van der Waals surface area contributed by atoms with Crippen molar-refractivity contribution in [2.45, 2.75) is 77.4 Å². The van der Waals surface area contributed by atoms with Gasteiger partial charge >= 0.3 is 0 Å². The number of sulfonamides is 1. The van der Waals surface area contributed by atoms with Crippen LogP contribution in [0.4, 0.5) is 5.69 Å².